The lowest BCUT2D eigenvalue weighted by Crippen LogP contribution is -2.38. The average molecular weight is 372 g/mol. The van der Waals surface area contributed by atoms with Crippen molar-refractivity contribution < 1.29 is 0 Å². The first-order valence-electron chi connectivity index (χ1n) is 9.85. The quantitative estimate of drug-likeness (QED) is 0.881. The van der Waals surface area contributed by atoms with E-state index in [1.54, 1.807) is 10.6 Å². The maximum Gasteiger partial charge on any atom is 0.255 e. The van der Waals surface area contributed by atoms with E-state index in [2.05, 4.69) is 34.4 Å². The van der Waals surface area contributed by atoms with Crippen LogP contribution in [0.1, 0.15) is 18.5 Å². The molecule has 1 unspecified atom stereocenters. The van der Waals surface area contributed by atoms with E-state index in [-0.39, 0.29) is 5.56 Å². The number of nitrogens with zero attached hydrogens (tertiary/aromatic N) is 3. The lowest BCUT2D eigenvalue weighted by atomic mass is 9.95. The summed E-state index contributed by atoms with van der Waals surface area (Å²) in [7, 11) is 2.17. The van der Waals surface area contributed by atoms with Gasteiger partial charge in [-0.2, -0.15) is 0 Å². The van der Waals surface area contributed by atoms with Crippen molar-refractivity contribution in [2.24, 2.45) is 0 Å². The van der Waals surface area contributed by atoms with Crippen LogP contribution in [0.25, 0.3) is 16.8 Å². The summed E-state index contributed by atoms with van der Waals surface area (Å²) in [6.45, 7) is 4.00. The van der Waals surface area contributed by atoms with Crippen molar-refractivity contribution in [1.29, 1.82) is 0 Å². The third-order valence-corrected chi connectivity index (χ3v) is 6.10. The number of likely N-dealkylation sites (N-methyl/N-ethyl adjacent to an activating group) is 1. The van der Waals surface area contributed by atoms with Crippen LogP contribution in [0.5, 0.6) is 0 Å². The lowest BCUT2D eigenvalue weighted by Gasteiger charge is -2.29. The van der Waals surface area contributed by atoms with Gasteiger partial charge in [0.2, 0.25) is 0 Å². The smallest absolute Gasteiger partial charge is 0.255 e. The van der Waals surface area contributed by atoms with Crippen LogP contribution in [-0.4, -0.2) is 40.6 Å². The molecular formula is C23H24N4O. The van der Waals surface area contributed by atoms with Gasteiger partial charge in [0.1, 0.15) is 0 Å². The van der Waals surface area contributed by atoms with Gasteiger partial charge < -0.3 is 10.2 Å². The Kier molecular flexibility index (Phi) is 4.05. The second kappa shape index (κ2) is 6.60. The predicted molar refractivity (Wildman–Crippen MR) is 112 cm³/mol. The minimum atomic E-state index is -0.0167. The zero-order chi connectivity index (χ0) is 19.3. The number of hydrogen-bond donors (Lipinski definition) is 1. The number of pyridine rings is 2. The van der Waals surface area contributed by atoms with E-state index in [0.29, 0.717) is 6.04 Å². The van der Waals surface area contributed by atoms with Crippen LogP contribution in [-0.2, 0) is 0 Å². The summed E-state index contributed by atoms with van der Waals surface area (Å²) in [5.41, 5.74) is 7.98. The highest BCUT2D eigenvalue weighted by Crippen LogP contribution is 2.40. The molecule has 2 aromatic heterocycles. The van der Waals surface area contributed by atoms with Gasteiger partial charge in [0.15, 0.2) is 0 Å². The molecule has 0 saturated carbocycles. The van der Waals surface area contributed by atoms with Gasteiger partial charge in [-0.25, -0.2) is 0 Å². The molecule has 1 aliphatic carbocycles. The Balaban J connectivity index is 1.49. The fourth-order valence-corrected chi connectivity index (χ4v) is 4.54. The Morgan fingerprint density at radius 3 is 2.89 bits per heavy atom. The second-order valence-electron chi connectivity index (χ2n) is 7.77. The Morgan fingerprint density at radius 2 is 2.11 bits per heavy atom. The molecule has 2 aromatic rings. The maximum atomic E-state index is 12.8. The summed E-state index contributed by atoms with van der Waals surface area (Å²) in [4.78, 5) is 19.6. The first-order valence-corrected chi connectivity index (χ1v) is 9.85. The van der Waals surface area contributed by atoms with Gasteiger partial charge in [-0.15, -0.1) is 0 Å². The standard InChI is InChI=1S/C23H24N4O/c1-15-3-4-17(13-25-15)16-8-10-27(23(28)11-16)18-5-6-19-20-14-24-9-7-21(20)26(2)22(19)12-18/h3-5,8,10-13,21,24H,6-7,9,14H2,1-2H3. The minimum absolute atomic E-state index is 0.0167. The predicted octanol–water partition coefficient (Wildman–Crippen LogP) is 2.95. The van der Waals surface area contributed by atoms with Gasteiger partial charge >= 0.3 is 0 Å². The third-order valence-electron chi connectivity index (χ3n) is 6.10. The zero-order valence-electron chi connectivity index (χ0n) is 16.3. The van der Waals surface area contributed by atoms with E-state index >= 15 is 0 Å². The molecule has 5 rings (SSSR count). The molecule has 0 aromatic carbocycles. The monoisotopic (exact) mass is 372 g/mol. The number of aromatic nitrogens is 2. The van der Waals surface area contributed by atoms with Gasteiger partial charge in [-0.05, 0) is 61.2 Å². The molecule has 1 saturated heterocycles. The van der Waals surface area contributed by atoms with Gasteiger partial charge in [0.05, 0.1) is 6.04 Å². The molecule has 5 heteroatoms. The van der Waals surface area contributed by atoms with Crippen molar-refractivity contribution in [3.05, 3.63) is 81.7 Å². The number of aryl methyl sites for hydroxylation is 1. The molecule has 0 amide bonds. The molecule has 142 valence electrons. The van der Waals surface area contributed by atoms with E-state index in [9.17, 15) is 4.79 Å². The molecule has 4 heterocycles. The Hall–Kier alpha value is -2.92. The Labute approximate surface area is 164 Å². The number of nitrogens with one attached hydrogen (secondary N) is 1. The third kappa shape index (κ3) is 2.74. The summed E-state index contributed by atoms with van der Waals surface area (Å²) >= 11 is 0. The van der Waals surface area contributed by atoms with Gasteiger partial charge in [-0.3, -0.25) is 14.3 Å². The molecule has 1 fully saturated rings. The first kappa shape index (κ1) is 17.2. The van der Waals surface area contributed by atoms with E-state index in [0.717, 1.165) is 48.4 Å². The van der Waals surface area contributed by atoms with E-state index < -0.39 is 0 Å². The van der Waals surface area contributed by atoms with E-state index in [1.807, 2.05) is 37.5 Å². The average Bonchev–Trinajstić information content (AvgIpc) is 3.01. The van der Waals surface area contributed by atoms with E-state index in [4.69, 9.17) is 0 Å². The number of rotatable bonds is 2. The summed E-state index contributed by atoms with van der Waals surface area (Å²) in [5, 5.41) is 3.49. The fraction of sp³-hybridized carbons (Fsp3) is 0.304. The Bertz CT molecular complexity index is 1090. The van der Waals surface area contributed by atoms with Gasteiger partial charge in [0.25, 0.3) is 5.56 Å². The van der Waals surface area contributed by atoms with Crippen molar-refractivity contribution in [3.8, 4) is 11.1 Å². The largest absolute Gasteiger partial charge is 0.367 e. The number of allylic oxidation sites excluding steroid dienone is 4. The lowest BCUT2D eigenvalue weighted by molar-refractivity contribution is 0.327. The zero-order valence-corrected chi connectivity index (χ0v) is 16.3. The number of fused-ring (bicyclic) bond motifs is 2. The van der Waals surface area contributed by atoms with Crippen LogP contribution in [0.3, 0.4) is 0 Å². The fourth-order valence-electron chi connectivity index (χ4n) is 4.54. The first-order chi connectivity index (χ1) is 13.6. The molecule has 0 bridgehead atoms. The van der Waals surface area contributed by atoms with Crippen molar-refractivity contribution in [3.63, 3.8) is 0 Å². The van der Waals surface area contributed by atoms with Crippen LogP contribution in [0.4, 0.5) is 0 Å². The summed E-state index contributed by atoms with van der Waals surface area (Å²) in [5.74, 6) is 0. The highest BCUT2D eigenvalue weighted by Gasteiger charge is 2.35. The van der Waals surface area contributed by atoms with Crippen LogP contribution in [0, 0.1) is 6.92 Å². The molecule has 1 N–H and O–H groups in total. The summed E-state index contributed by atoms with van der Waals surface area (Å²) in [6, 6.07) is 8.16. The SMILES string of the molecule is Cc1ccc(-c2ccn(C3=CCC4=C5CNCCC5N(C)C4=C3)c(=O)c2)cn1. The summed E-state index contributed by atoms with van der Waals surface area (Å²) < 4.78 is 1.74. The van der Waals surface area contributed by atoms with E-state index in [1.165, 1.54) is 16.8 Å². The molecule has 0 spiro atoms. The minimum Gasteiger partial charge on any atom is -0.367 e. The highest BCUT2D eigenvalue weighted by atomic mass is 16.1. The maximum absolute atomic E-state index is 12.8. The topological polar surface area (TPSA) is 50.2 Å². The molecular weight excluding hydrogens is 348 g/mol. The number of piperidine rings is 1. The summed E-state index contributed by atoms with van der Waals surface area (Å²) in [6.07, 6.45) is 10.1. The van der Waals surface area contributed by atoms with Crippen LogP contribution in [0.15, 0.2) is 70.4 Å². The van der Waals surface area contributed by atoms with Crippen molar-refractivity contribution >= 4 is 5.70 Å². The molecule has 1 atom stereocenters. The van der Waals surface area contributed by atoms with Crippen molar-refractivity contribution in [1.82, 2.24) is 19.8 Å². The second-order valence-corrected chi connectivity index (χ2v) is 7.77. The van der Waals surface area contributed by atoms with Gasteiger partial charge in [-0.1, -0.05) is 12.1 Å². The molecule has 28 heavy (non-hydrogen) atoms. The molecule has 5 nitrogen and oxygen atoms in total. The normalized spacial score (nSPS) is 21.2. The molecule has 0 radical (unpaired) electrons. The number of hydrogen-bond acceptors (Lipinski definition) is 4. The van der Waals surface area contributed by atoms with Gasteiger partial charge in [0, 0.05) is 54.7 Å². The van der Waals surface area contributed by atoms with Crippen LogP contribution < -0.4 is 10.9 Å². The van der Waals surface area contributed by atoms with Crippen LogP contribution >= 0.6 is 0 Å². The van der Waals surface area contributed by atoms with Crippen molar-refractivity contribution in [2.45, 2.75) is 25.8 Å². The molecule has 3 aliphatic rings. The molecule has 2 aliphatic heterocycles. The van der Waals surface area contributed by atoms with Crippen LogP contribution in [0.2, 0.25) is 0 Å². The van der Waals surface area contributed by atoms with Crippen molar-refractivity contribution in [2.75, 3.05) is 20.1 Å². The highest BCUT2D eigenvalue weighted by molar-refractivity contribution is 5.68. The Morgan fingerprint density at radius 1 is 1.21 bits per heavy atom.